The number of anilines is 2. The number of carbonyl (C=O) groups is 2. The molecule has 0 radical (unpaired) electrons. The van der Waals surface area contributed by atoms with Crippen LogP contribution in [0.25, 0.3) is 10.8 Å². The van der Waals surface area contributed by atoms with Gasteiger partial charge in [0.05, 0.1) is 36.8 Å². The molecule has 1 saturated heterocycles. The van der Waals surface area contributed by atoms with Gasteiger partial charge in [-0.15, -0.1) is 0 Å². The Morgan fingerprint density at radius 3 is 2.53 bits per heavy atom. The predicted octanol–water partition coefficient (Wildman–Crippen LogP) is 5.89. The number of esters is 1. The summed E-state index contributed by atoms with van der Waals surface area (Å²) in [6, 6.07) is 21.2. The number of ether oxygens (including phenoxy) is 2. The van der Waals surface area contributed by atoms with Crippen LogP contribution in [0.5, 0.6) is 0 Å². The monoisotopic (exact) mass is 619 g/mol. The number of benzene rings is 3. The third kappa shape index (κ3) is 6.19. The molecule has 222 valence electrons. The predicted molar refractivity (Wildman–Crippen MR) is 167 cm³/mol. The van der Waals surface area contributed by atoms with Gasteiger partial charge in [0.15, 0.2) is 0 Å². The van der Waals surface area contributed by atoms with Crippen molar-refractivity contribution in [3.63, 3.8) is 0 Å². The number of amides is 1. The fraction of sp³-hybridized carbons (Fsp3) is 0.312. The highest BCUT2D eigenvalue weighted by Gasteiger charge is 2.36. The summed E-state index contributed by atoms with van der Waals surface area (Å²) < 4.78 is 10.6. The average molecular weight is 621 g/mol. The Morgan fingerprint density at radius 1 is 0.953 bits per heavy atom. The van der Waals surface area contributed by atoms with Crippen molar-refractivity contribution in [3.8, 4) is 0 Å². The number of aromatic nitrogens is 2. The molecule has 9 nitrogen and oxygen atoms in total. The fourth-order valence-electron chi connectivity index (χ4n) is 5.93. The van der Waals surface area contributed by atoms with Crippen molar-refractivity contribution in [2.75, 3.05) is 43.1 Å². The molecule has 2 aliphatic heterocycles. The van der Waals surface area contributed by atoms with E-state index >= 15 is 0 Å². The standard InChI is InChI=1S/C32H31Cl2N5O4/c1-42-28(40)17-23-18-38(32(41)43-20-21-7-3-2-4-8-21)15-16-39(23)30-24-13-14-37(19-26(24)35-31(34)36-30)27-12-6-10-22-9-5-11-25(33)29(22)27/h2-12,23H,13-20H2,1H3. The number of halogens is 2. The smallest absolute Gasteiger partial charge is 0.410 e. The molecule has 1 amide bonds. The summed E-state index contributed by atoms with van der Waals surface area (Å²) in [6.45, 7) is 2.56. The summed E-state index contributed by atoms with van der Waals surface area (Å²) in [5, 5.41) is 2.91. The molecule has 6 rings (SSSR count). The summed E-state index contributed by atoms with van der Waals surface area (Å²) in [5.74, 6) is 0.319. The Morgan fingerprint density at radius 2 is 1.74 bits per heavy atom. The summed E-state index contributed by atoms with van der Waals surface area (Å²) in [6.07, 6.45) is 0.327. The van der Waals surface area contributed by atoms with Crippen LogP contribution in [-0.2, 0) is 33.8 Å². The highest BCUT2D eigenvalue weighted by atomic mass is 35.5. The van der Waals surface area contributed by atoms with E-state index in [4.69, 9.17) is 32.7 Å². The highest BCUT2D eigenvalue weighted by molar-refractivity contribution is 6.36. The van der Waals surface area contributed by atoms with Crippen LogP contribution >= 0.6 is 23.2 Å². The van der Waals surface area contributed by atoms with Gasteiger partial charge in [-0.1, -0.05) is 66.2 Å². The van der Waals surface area contributed by atoms with Crippen LogP contribution in [0.4, 0.5) is 16.3 Å². The van der Waals surface area contributed by atoms with Gasteiger partial charge in [-0.25, -0.2) is 14.8 Å². The van der Waals surface area contributed by atoms with Gasteiger partial charge in [-0.3, -0.25) is 4.79 Å². The number of nitrogens with zero attached hydrogens (tertiary/aromatic N) is 5. The lowest BCUT2D eigenvalue weighted by Crippen LogP contribution is -2.56. The summed E-state index contributed by atoms with van der Waals surface area (Å²) in [4.78, 5) is 40.7. The van der Waals surface area contributed by atoms with E-state index in [2.05, 4.69) is 38.0 Å². The summed E-state index contributed by atoms with van der Waals surface area (Å²) in [5.41, 5.74) is 3.76. The molecular weight excluding hydrogens is 589 g/mol. The minimum Gasteiger partial charge on any atom is -0.469 e. The van der Waals surface area contributed by atoms with Crippen LogP contribution in [0.3, 0.4) is 0 Å². The van der Waals surface area contributed by atoms with E-state index in [1.165, 1.54) is 7.11 Å². The number of hydrogen-bond donors (Lipinski definition) is 0. The fourth-order valence-corrected chi connectivity index (χ4v) is 6.39. The molecule has 1 fully saturated rings. The molecule has 11 heteroatoms. The molecule has 2 aliphatic rings. The topological polar surface area (TPSA) is 88.1 Å². The highest BCUT2D eigenvalue weighted by Crippen LogP contribution is 2.37. The van der Waals surface area contributed by atoms with Crippen LogP contribution in [-0.4, -0.2) is 66.3 Å². The SMILES string of the molecule is COC(=O)CC1CN(C(=O)OCc2ccccc2)CCN1c1nc(Cl)nc2c1CCN(c1cccc3cccc(Cl)c13)C2. The largest absolute Gasteiger partial charge is 0.469 e. The maximum absolute atomic E-state index is 13.0. The summed E-state index contributed by atoms with van der Waals surface area (Å²) >= 11 is 13.1. The zero-order valence-electron chi connectivity index (χ0n) is 23.7. The molecule has 3 heterocycles. The van der Waals surface area contributed by atoms with Crippen LogP contribution in [0, 0.1) is 0 Å². The van der Waals surface area contributed by atoms with Gasteiger partial charge < -0.3 is 24.2 Å². The van der Waals surface area contributed by atoms with Gasteiger partial charge in [0.1, 0.15) is 12.4 Å². The minimum absolute atomic E-state index is 0.0794. The number of rotatable bonds is 6. The maximum atomic E-state index is 13.0. The van der Waals surface area contributed by atoms with Crippen LogP contribution in [0.2, 0.25) is 10.3 Å². The Bertz CT molecular complexity index is 1650. The normalized spacial score (nSPS) is 16.6. The number of methoxy groups -OCH3 is 1. The first-order valence-electron chi connectivity index (χ1n) is 14.2. The molecule has 0 saturated carbocycles. The molecular formula is C32H31Cl2N5O4. The van der Waals surface area contributed by atoms with Gasteiger partial charge in [-0.05, 0) is 41.1 Å². The van der Waals surface area contributed by atoms with Crippen molar-refractivity contribution >= 4 is 57.5 Å². The zero-order valence-corrected chi connectivity index (χ0v) is 25.2. The lowest BCUT2D eigenvalue weighted by molar-refractivity contribution is -0.141. The zero-order chi connectivity index (χ0) is 29.9. The molecule has 0 spiro atoms. The van der Waals surface area contributed by atoms with Gasteiger partial charge in [0.2, 0.25) is 5.28 Å². The van der Waals surface area contributed by atoms with Crippen LogP contribution < -0.4 is 9.80 Å². The van der Waals surface area contributed by atoms with E-state index in [1.54, 1.807) is 4.90 Å². The van der Waals surface area contributed by atoms with Gasteiger partial charge in [0.25, 0.3) is 0 Å². The molecule has 0 bridgehead atoms. The van der Waals surface area contributed by atoms with Crippen molar-refractivity contribution in [2.24, 2.45) is 0 Å². The molecule has 4 aromatic rings. The Kier molecular flexibility index (Phi) is 8.54. The molecule has 1 unspecified atom stereocenters. The second-order valence-electron chi connectivity index (χ2n) is 10.6. The van der Waals surface area contributed by atoms with Crippen LogP contribution in [0.15, 0.2) is 66.7 Å². The first kappa shape index (κ1) is 29.0. The number of piperazine rings is 1. The van der Waals surface area contributed by atoms with E-state index in [0.29, 0.717) is 36.9 Å². The second kappa shape index (κ2) is 12.7. The second-order valence-corrected chi connectivity index (χ2v) is 11.4. The van der Waals surface area contributed by atoms with Gasteiger partial charge in [-0.2, -0.15) is 0 Å². The number of hydrogen-bond acceptors (Lipinski definition) is 8. The van der Waals surface area contributed by atoms with Crippen LogP contribution in [0.1, 0.15) is 23.2 Å². The molecule has 3 aromatic carbocycles. The third-order valence-corrected chi connectivity index (χ3v) is 8.52. The average Bonchev–Trinajstić information content (AvgIpc) is 3.03. The summed E-state index contributed by atoms with van der Waals surface area (Å²) in [7, 11) is 1.36. The first-order chi connectivity index (χ1) is 20.9. The quantitative estimate of drug-likeness (QED) is 0.195. The number of carbonyl (C=O) groups excluding carboxylic acids is 2. The van der Waals surface area contributed by atoms with E-state index in [0.717, 1.165) is 39.8 Å². The molecule has 1 aromatic heterocycles. The maximum Gasteiger partial charge on any atom is 0.410 e. The van der Waals surface area contributed by atoms with Gasteiger partial charge in [0, 0.05) is 42.8 Å². The first-order valence-corrected chi connectivity index (χ1v) is 14.9. The Hall–Kier alpha value is -4.08. The Balaban J connectivity index is 1.25. The third-order valence-electron chi connectivity index (χ3n) is 8.04. The molecule has 0 N–H and O–H groups in total. The van der Waals surface area contributed by atoms with E-state index in [1.807, 2.05) is 48.5 Å². The van der Waals surface area contributed by atoms with E-state index in [9.17, 15) is 9.59 Å². The van der Waals surface area contributed by atoms with Crippen molar-refractivity contribution in [3.05, 3.63) is 93.9 Å². The van der Waals surface area contributed by atoms with E-state index in [-0.39, 0.29) is 36.9 Å². The Labute approximate surface area is 259 Å². The molecule has 1 atom stereocenters. The molecule has 43 heavy (non-hydrogen) atoms. The van der Waals surface area contributed by atoms with Crippen molar-refractivity contribution in [1.29, 1.82) is 0 Å². The lowest BCUT2D eigenvalue weighted by atomic mass is 10.0. The minimum atomic E-state index is -0.425. The lowest BCUT2D eigenvalue weighted by Gasteiger charge is -2.42. The molecule has 0 aliphatic carbocycles. The van der Waals surface area contributed by atoms with Gasteiger partial charge >= 0.3 is 12.1 Å². The van der Waals surface area contributed by atoms with E-state index < -0.39 is 6.09 Å². The van der Waals surface area contributed by atoms with Crippen molar-refractivity contribution in [2.45, 2.75) is 32.0 Å². The van der Waals surface area contributed by atoms with Crippen molar-refractivity contribution < 1.29 is 19.1 Å². The number of fused-ring (bicyclic) bond motifs is 2. The van der Waals surface area contributed by atoms with Crippen molar-refractivity contribution in [1.82, 2.24) is 14.9 Å².